The highest BCUT2D eigenvalue weighted by atomic mass is 16.1. The molecule has 8 atom stereocenters. The smallest absolute Gasteiger partial charge is 0.140 e. The van der Waals surface area contributed by atoms with Gasteiger partial charge in [0, 0.05) is 11.8 Å². The molecule has 0 N–H and O–H groups in total. The fourth-order valence-corrected chi connectivity index (χ4v) is 6.10. The Kier molecular flexibility index (Phi) is 0.547. The van der Waals surface area contributed by atoms with Crippen LogP contribution >= 0.6 is 0 Å². The molecule has 1 nitrogen and oxygen atoms in total. The summed E-state index contributed by atoms with van der Waals surface area (Å²) in [6.45, 7) is 0. The highest BCUT2D eigenvalue weighted by Crippen LogP contribution is 2.81. The Bertz CT molecular complexity index is 315. The molecule has 0 radical (unpaired) electrons. The Hall–Kier alpha value is -0.330. The van der Waals surface area contributed by atoms with Crippen LogP contribution in [0.25, 0.3) is 0 Å². The molecule has 12 heavy (non-hydrogen) atoms. The van der Waals surface area contributed by atoms with Crippen molar-refractivity contribution < 1.29 is 4.79 Å². The van der Waals surface area contributed by atoms with E-state index >= 15 is 0 Å². The quantitative estimate of drug-likeness (QED) is 0.522. The average Bonchev–Trinajstić information content (AvgIpc) is 2.47. The van der Waals surface area contributed by atoms with E-state index in [1.807, 2.05) is 0 Å². The topological polar surface area (TPSA) is 17.1 Å². The zero-order valence-electron chi connectivity index (χ0n) is 6.94. The van der Waals surface area contributed by atoms with Crippen LogP contribution in [0, 0.1) is 47.3 Å². The number of fused-ring (bicyclic) bond motifs is 2. The summed E-state index contributed by atoms with van der Waals surface area (Å²) in [5.74, 6) is 7.54. The molecule has 62 valence electrons. The molecule has 5 fully saturated rings. The first-order valence-electron chi connectivity index (χ1n) is 5.41. The number of hydrogen-bond donors (Lipinski definition) is 0. The zero-order valence-corrected chi connectivity index (χ0v) is 6.94. The second-order valence-electron chi connectivity index (χ2n) is 5.74. The van der Waals surface area contributed by atoms with Crippen molar-refractivity contribution in [3.05, 3.63) is 0 Å². The Morgan fingerprint density at radius 3 is 2.50 bits per heavy atom. The molecule has 0 unspecified atom stereocenters. The lowest BCUT2D eigenvalue weighted by molar-refractivity contribution is -0.132. The summed E-state index contributed by atoms with van der Waals surface area (Å²) < 4.78 is 0. The van der Waals surface area contributed by atoms with Gasteiger partial charge in [0.15, 0.2) is 0 Å². The maximum absolute atomic E-state index is 11.9. The van der Waals surface area contributed by atoms with Crippen LogP contribution in [-0.4, -0.2) is 5.78 Å². The summed E-state index contributed by atoms with van der Waals surface area (Å²) in [4.78, 5) is 11.9. The third kappa shape index (κ3) is 0.272. The first-order chi connectivity index (χ1) is 5.88. The third-order valence-electron chi connectivity index (χ3n) is 6.02. The minimum atomic E-state index is 0.583. The number of hydrogen-bond acceptors (Lipinski definition) is 1. The van der Waals surface area contributed by atoms with E-state index in [0.717, 1.165) is 35.5 Å². The van der Waals surface area contributed by atoms with Crippen molar-refractivity contribution >= 4 is 5.78 Å². The summed E-state index contributed by atoms with van der Waals surface area (Å²) in [5, 5.41) is 0. The molecule has 0 aliphatic heterocycles. The molecular weight excluding hydrogens is 148 g/mol. The van der Waals surface area contributed by atoms with Crippen LogP contribution in [0.2, 0.25) is 0 Å². The molecule has 5 aliphatic carbocycles. The lowest BCUT2D eigenvalue weighted by atomic mass is 9.60. The first-order valence-corrected chi connectivity index (χ1v) is 5.41. The number of carbonyl (C=O) groups excluding carboxylic acids is 1. The van der Waals surface area contributed by atoms with Crippen molar-refractivity contribution in [2.45, 2.75) is 12.8 Å². The highest BCUT2D eigenvalue weighted by Gasteiger charge is 2.80. The second kappa shape index (κ2) is 1.21. The van der Waals surface area contributed by atoms with E-state index in [9.17, 15) is 4.79 Å². The van der Waals surface area contributed by atoms with Crippen molar-refractivity contribution in [2.75, 3.05) is 0 Å². The van der Waals surface area contributed by atoms with Crippen LogP contribution in [0.1, 0.15) is 12.8 Å². The van der Waals surface area contributed by atoms with Gasteiger partial charge in [-0.2, -0.15) is 0 Å². The SMILES string of the molecule is O=C1[C@@H]2[C@@H]3C[C@H]4[C@@H]1[C@H]1[C@@H]2C[C@@H]3[C@@H]41. The highest BCUT2D eigenvalue weighted by molar-refractivity contribution is 5.91. The van der Waals surface area contributed by atoms with Gasteiger partial charge in [-0.25, -0.2) is 0 Å². The fraction of sp³-hybridized carbons (Fsp3) is 0.909. The Morgan fingerprint density at radius 1 is 0.833 bits per heavy atom. The Morgan fingerprint density at radius 2 is 1.58 bits per heavy atom. The molecule has 0 aromatic carbocycles. The summed E-state index contributed by atoms with van der Waals surface area (Å²) in [7, 11) is 0. The molecule has 0 aromatic rings. The predicted octanol–water partition coefficient (Wildman–Crippen LogP) is 1.33. The van der Waals surface area contributed by atoms with Crippen LogP contribution in [0.3, 0.4) is 0 Å². The summed E-state index contributed by atoms with van der Waals surface area (Å²) in [6.07, 6.45) is 2.90. The molecule has 0 spiro atoms. The van der Waals surface area contributed by atoms with Gasteiger partial charge >= 0.3 is 0 Å². The van der Waals surface area contributed by atoms with E-state index in [1.54, 1.807) is 0 Å². The van der Waals surface area contributed by atoms with Crippen molar-refractivity contribution in [1.82, 2.24) is 0 Å². The molecule has 2 bridgehead atoms. The van der Waals surface area contributed by atoms with Gasteiger partial charge < -0.3 is 0 Å². The van der Waals surface area contributed by atoms with E-state index in [4.69, 9.17) is 0 Å². The monoisotopic (exact) mass is 160 g/mol. The van der Waals surface area contributed by atoms with Crippen molar-refractivity contribution in [3.8, 4) is 0 Å². The predicted molar refractivity (Wildman–Crippen MR) is 42.2 cm³/mol. The molecular formula is C11H12O. The fourth-order valence-electron chi connectivity index (χ4n) is 6.10. The van der Waals surface area contributed by atoms with Crippen LogP contribution in [-0.2, 0) is 4.79 Å². The molecule has 5 aliphatic rings. The van der Waals surface area contributed by atoms with Gasteiger partial charge in [0.2, 0.25) is 0 Å². The summed E-state index contributed by atoms with van der Waals surface area (Å²) in [6, 6.07) is 0. The maximum Gasteiger partial charge on any atom is 0.140 e. The minimum absolute atomic E-state index is 0.583. The van der Waals surface area contributed by atoms with E-state index < -0.39 is 0 Å². The van der Waals surface area contributed by atoms with Crippen molar-refractivity contribution in [2.24, 2.45) is 47.3 Å². The van der Waals surface area contributed by atoms with E-state index in [0.29, 0.717) is 17.6 Å². The van der Waals surface area contributed by atoms with Crippen LogP contribution in [0.15, 0.2) is 0 Å². The summed E-state index contributed by atoms with van der Waals surface area (Å²) in [5.41, 5.74) is 0. The average molecular weight is 160 g/mol. The lowest BCUT2D eigenvalue weighted by Crippen LogP contribution is -2.44. The van der Waals surface area contributed by atoms with Crippen LogP contribution in [0.4, 0.5) is 0 Å². The molecule has 1 heteroatoms. The maximum atomic E-state index is 11.9. The van der Waals surface area contributed by atoms with Gasteiger partial charge in [0.25, 0.3) is 0 Å². The first kappa shape index (κ1) is 5.41. The minimum Gasteiger partial charge on any atom is -0.299 e. The second-order valence-corrected chi connectivity index (χ2v) is 5.74. The van der Waals surface area contributed by atoms with Gasteiger partial charge in [-0.3, -0.25) is 4.79 Å². The van der Waals surface area contributed by atoms with Crippen molar-refractivity contribution in [1.29, 1.82) is 0 Å². The van der Waals surface area contributed by atoms with Gasteiger partial charge in [0.05, 0.1) is 0 Å². The molecule has 0 aromatic heterocycles. The van der Waals surface area contributed by atoms with Crippen LogP contribution in [0.5, 0.6) is 0 Å². The molecule has 5 saturated carbocycles. The zero-order chi connectivity index (χ0) is 7.61. The van der Waals surface area contributed by atoms with Crippen LogP contribution < -0.4 is 0 Å². The molecule has 0 heterocycles. The van der Waals surface area contributed by atoms with Gasteiger partial charge in [0.1, 0.15) is 5.78 Å². The number of Topliss-reactive ketones (excluding diaryl/α,β-unsaturated/α-hetero) is 1. The Balaban J connectivity index is 1.91. The Labute approximate surface area is 71.5 Å². The number of ketones is 1. The van der Waals surface area contributed by atoms with Gasteiger partial charge in [-0.15, -0.1) is 0 Å². The van der Waals surface area contributed by atoms with E-state index in [2.05, 4.69) is 0 Å². The number of rotatable bonds is 0. The standard InChI is InChI=1S/C11H12O/c12-11-8-4-2-5-7-3(4)1-6(8)9(7)10(5)11/h3-10H,1-2H2/t3-,4+,5+,6+,7-,8+,9-,10+/m0/s1. The van der Waals surface area contributed by atoms with E-state index in [1.165, 1.54) is 12.8 Å². The van der Waals surface area contributed by atoms with Gasteiger partial charge in [-0.1, -0.05) is 0 Å². The molecule has 5 rings (SSSR count). The summed E-state index contributed by atoms with van der Waals surface area (Å²) >= 11 is 0. The lowest BCUT2D eigenvalue weighted by Gasteiger charge is -2.43. The molecule has 0 amide bonds. The van der Waals surface area contributed by atoms with E-state index in [-0.39, 0.29) is 0 Å². The molecule has 0 saturated heterocycles. The third-order valence-corrected chi connectivity index (χ3v) is 6.02. The van der Waals surface area contributed by atoms with Gasteiger partial charge in [-0.05, 0) is 48.3 Å². The number of carbonyl (C=O) groups is 1. The van der Waals surface area contributed by atoms with Crippen molar-refractivity contribution in [3.63, 3.8) is 0 Å². The normalized spacial score (nSPS) is 79.2. The largest absolute Gasteiger partial charge is 0.299 e.